The van der Waals surface area contributed by atoms with Gasteiger partial charge < -0.3 is 16.0 Å². The van der Waals surface area contributed by atoms with Crippen molar-refractivity contribution in [1.82, 2.24) is 10.3 Å². The lowest BCUT2D eigenvalue weighted by Gasteiger charge is -2.18. The second kappa shape index (κ2) is 8.96. The van der Waals surface area contributed by atoms with Crippen LogP contribution in [0.15, 0.2) is 0 Å². The number of aromatic amines is 1. The van der Waals surface area contributed by atoms with E-state index in [0.717, 1.165) is 17.7 Å². The van der Waals surface area contributed by atoms with E-state index >= 15 is 0 Å². The minimum atomic E-state index is -0.182. The van der Waals surface area contributed by atoms with Crippen LogP contribution >= 0.6 is 12.4 Å². The van der Waals surface area contributed by atoms with Crippen LogP contribution in [0.25, 0.3) is 0 Å². The monoisotopic (exact) mass is 329 g/mol. The highest BCUT2D eigenvalue weighted by atomic mass is 35.5. The Bertz CT molecular complexity index is 524. The molecule has 0 aliphatic rings. The highest BCUT2D eigenvalue weighted by Crippen LogP contribution is 2.20. The molecular formula is C16H28ClN3O2. The highest BCUT2D eigenvalue weighted by molar-refractivity contribution is 6.02. The van der Waals surface area contributed by atoms with Gasteiger partial charge in [0.15, 0.2) is 5.78 Å². The number of nitrogens with two attached hydrogens (primary N) is 1. The lowest BCUT2D eigenvalue weighted by atomic mass is 10.0. The summed E-state index contributed by atoms with van der Waals surface area (Å²) in [5.74, 6) is 0.262. The largest absolute Gasteiger partial charge is 0.354 e. The second-order valence-corrected chi connectivity index (χ2v) is 5.92. The fourth-order valence-corrected chi connectivity index (χ4v) is 2.74. The standard InChI is InChI=1S/C16H27N3O2.ClH/c1-6-13-14(11(5)20)10(4)18-15(13)16(21)19-12(8-17)7-9(2)3;/h9,12,18H,6-8,17H2,1-5H3,(H,19,21);1H. The number of carbonyl (C=O) groups is 2. The highest BCUT2D eigenvalue weighted by Gasteiger charge is 2.23. The molecule has 5 nitrogen and oxygen atoms in total. The normalized spacial score (nSPS) is 12.0. The van der Waals surface area contributed by atoms with E-state index < -0.39 is 0 Å². The molecule has 1 aromatic heterocycles. The van der Waals surface area contributed by atoms with Crippen molar-refractivity contribution in [3.05, 3.63) is 22.5 Å². The van der Waals surface area contributed by atoms with Crippen molar-refractivity contribution >= 4 is 24.1 Å². The molecule has 1 atom stereocenters. The van der Waals surface area contributed by atoms with Crippen molar-refractivity contribution < 1.29 is 9.59 Å². The zero-order valence-corrected chi connectivity index (χ0v) is 14.9. The average Bonchev–Trinajstić information content (AvgIpc) is 2.74. The van der Waals surface area contributed by atoms with E-state index in [-0.39, 0.29) is 30.1 Å². The van der Waals surface area contributed by atoms with E-state index in [0.29, 0.717) is 30.1 Å². The predicted molar refractivity (Wildman–Crippen MR) is 91.9 cm³/mol. The number of rotatable bonds is 7. The van der Waals surface area contributed by atoms with Crippen LogP contribution in [0, 0.1) is 12.8 Å². The molecule has 0 saturated carbocycles. The Balaban J connectivity index is 0.00000441. The summed E-state index contributed by atoms with van der Waals surface area (Å²) in [6.07, 6.45) is 1.47. The molecule has 1 rings (SSSR count). The Morgan fingerprint density at radius 1 is 1.32 bits per heavy atom. The van der Waals surface area contributed by atoms with Crippen LogP contribution in [-0.4, -0.2) is 29.3 Å². The van der Waals surface area contributed by atoms with E-state index in [1.165, 1.54) is 6.92 Å². The first-order valence-electron chi connectivity index (χ1n) is 7.55. The summed E-state index contributed by atoms with van der Waals surface area (Å²) in [5.41, 5.74) is 8.38. The zero-order chi connectivity index (χ0) is 16.2. The van der Waals surface area contributed by atoms with Gasteiger partial charge in [0, 0.05) is 23.8 Å². The lowest BCUT2D eigenvalue weighted by molar-refractivity contribution is 0.0928. The Morgan fingerprint density at radius 2 is 1.91 bits per heavy atom. The van der Waals surface area contributed by atoms with Gasteiger partial charge in [-0.3, -0.25) is 9.59 Å². The molecule has 0 aliphatic carbocycles. The molecule has 1 amide bonds. The van der Waals surface area contributed by atoms with Gasteiger partial charge in [-0.2, -0.15) is 0 Å². The van der Waals surface area contributed by atoms with Crippen molar-refractivity contribution in [2.45, 2.75) is 53.5 Å². The van der Waals surface area contributed by atoms with Gasteiger partial charge in [-0.25, -0.2) is 0 Å². The minimum Gasteiger partial charge on any atom is -0.354 e. The number of H-pyrrole nitrogens is 1. The van der Waals surface area contributed by atoms with Crippen LogP contribution in [0.4, 0.5) is 0 Å². The number of aryl methyl sites for hydroxylation is 1. The van der Waals surface area contributed by atoms with Crippen LogP contribution in [0.5, 0.6) is 0 Å². The van der Waals surface area contributed by atoms with Gasteiger partial charge >= 0.3 is 0 Å². The summed E-state index contributed by atoms with van der Waals surface area (Å²) in [6, 6.07) is -0.0495. The van der Waals surface area contributed by atoms with Crippen molar-refractivity contribution in [3.63, 3.8) is 0 Å². The third-order valence-electron chi connectivity index (χ3n) is 3.60. The maximum absolute atomic E-state index is 12.5. The first kappa shape index (κ1) is 20.7. The molecule has 4 N–H and O–H groups in total. The molecule has 0 aromatic carbocycles. The molecule has 6 heteroatoms. The fourth-order valence-electron chi connectivity index (χ4n) is 2.74. The molecule has 0 bridgehead atoms. The third-order valence-corrected chi connectivity index (χ3v) is 3.60. The van der Waals surface area contributed by atoms with Crippen molar-refractivity contribution in [1.29, 1.82) is 0 Å². The van der Waals surface area contributed by atoms with Crippen molar-refractivity contribution in [3.8, 4) is 0 Å². The number of amides is 1. The topological polar surface area (TPSA) is 88.0 Å². The molecule has 126 valence electrons. The molecule has 1 aromatic rings. The van der Waals surface area contributed by atoms with Gasteiger partial charge in [-0.1, -0.05) is 20.8 Å². The van der Waals surface area contributed by atoms with Crippen LogP contribution in [0.1, 0.15) is 66.2 Å². The Kier molecular flexibility index (Phi) is 8.41. The number of hydrogen-bond donors (Lipinski definition) is 3. The molecule has 1 unspecified atom stereocenters. The van der Waals surface area contributed by atoms with Gasteiger partial charge in [0.1, 0.15) is 5.69 Å². The fraction of sp³-hybridized carbons (Fsp3) is 0.625. The quantitative estimate of drug-likeness (QED) is 0.672. The maximum Gasteiger partial charge on any atom is 0.268 e. The molecular weight excluding hydrogens is 302 g/mol. The van der Waals surface area contributed by atoms with E-state index in [1.54, 1.807) is 0 Å². The predicted octanol–water partition coefficient (Wildman–Crippen LogP) is 2.61. The summed E-state index contributed by atoms with van der Waals surface area (Å²) < 4.78 is 0. The summed E-state index contributed by atoms with van der Waals surface area (Å²) in [6.45, 7) is 9.89. The number of nitrogens with one attached hydrogen (secondary N) is 2. The van der Waals surface area contributed by atoms with Gasteiger partial charge in [-0.15, -0.1) is 12.4 Å². The second-order valence-electron chi connectivity index (χ2n) is 5.92. The van der Waals surface area contributed by atoms with Crippen LogP contribution in [0.3, 0.4) is 0 Å². The zero-order valence-electron chi connectivity index (χ0n) is 14.1. The van der Waals surface area contributed by atoms with Gasteiger partial charge in [0.05, 0.1) is 0 Å². The molecule has 22 heavy (non-hydrogen) atoms. The van der Waals surface area contributed by atoms with Crippen LogP contribution in [-0.2, 0) is 6.42 Å². The van der Waals surface area contributed by atoms with Crippen molar-refractivity contribution in [2.75, 3.05) is 6.54 Å². The maximum atomic E-state index is 12.5. The number of ketones is 1. The average molecular weight is 330 g/mol. The number of carbonyl (C=O) groups excluding carboxylic acids is 2. The minimum absolute atomic E-state index is 0. The van der Waals surface area contributed by atoms with Crippen LogP contribution in [0.2, 0.25) is 0 Å². The molecule has 1 heterocycles. The van der Waals surface area contributed by atoms with Crippen LogP contribution < -0.4 is 11.1 Å². The molecule has 0 aliphatic heterocycles. The number of hydrogen-bond acceptors (Lipinski definition) is 3. The summed E-state index contributed by atoms with van der Waals surface area (Å²) in [4.78, 5) is 27.2. The number of Topliss-reactive ketones (excluding diaryl/α,β-unsaturated/α-hetero) is 1. The van der Waals surface area contributed by atoms with Gasteiger partial charge in [0.25, 0.3) is 5.91 Å². The van der Waals surface area contributed by atoms with Gasteiger partial charge in [-0.05, 0) is 38.2 Å². The Morgan fingerprint density at radius 3 is 2.32 bits per heavy atom. The van der Waals surface area contributed by atoms with Gasteiger partial charge in [0.2, 0.25) is 0 Å². The molecule has 0 spiro atoms. The van der Waals surface area contributed by atoms with E-state index in [1.807, 2.05) is 13.8 Å². The SMILES string of the molecule is CCc1c(C(=O)NC(CN)CC(C)C)[nH]c(C)c1C(C)=O.Cl. The Hall–Kier alpha value is -1.33. The first-order valence-corrected chi connectivity index (χ1v) is 7.55. The first-order chi connectivity index (χ1) is 9.81. The summed E-state index contributed by atoms with van der Waals surface area (Å²) in [7, 11) is 0. The van der Waals surface area contributed by atoms with E-state index in [9.17, 15) is 9.59 Å². The molecule has 0 fully saturated rings. The van der Waals surface area contributed by atoms with E-state index in [4.69, 9.17) is 5.73 Å². The smallest absolute Gasteiger partial charge is 0.268 e. The summed E-state index contributed by atoms with van der Waals surface area (Å²) >= 11 is 0. The third kappa shape index (κ3) is 4.85. The van der Waals surface area contributed by atoms with E-state index in [2.05, 4.69) is 24.1 Å². The number of aromatic nitrogens is 1. The summed E-state index contributed by atoms with van der Waals surface area (Å²) in [5, 5.41) is 2.96. The molecule has 0 radical (unpaired) electrons. The molecule has 0 saturated heterocycles. The lowest BCUT2D eigenvalue weighted by Crippen LogP contribution is -2.41. The Labute approximate surface area is 138 Å². The van der Waals surface area contributed by atoms with Crippen molar-refractivity contribution in [2.24, 2.45) is 11.7 Å². The number of halogens is 1.